The van der Waals surface area contributed by atoms with Gasteiger partial charge in [0.25, 0.3) is 0 Å². The van der Waals surface area contributed by atoms with E-state index >= 15 is 0 Å². The van der Waals surface area contributed by atoms with Gasteiger partial charge in [0.1, 0.15) is 0 Å². The fourth-order valence-electron chi connectivity index (χ4n) is 4.30. The number of nitrogens with one attached hydrogen (secondary N) is 1. The predicted octanol–water partition coefficient (Wildman–Crippen LogP) is 2.05. The van der Waals surface area contributed by atoms with Crippen molar-refractivity contribution in [1.29, 1.82) is 0 Å². The van der Waals surface area contributed by atoms with Crippen LogP contribution in [0.4, 0.5) is 0 Å². The van der Waals surface area contributed by atoms with E-state index in [2.05, 4.69) is 47.4 Å². The molecular formula is C19H34N6. The Morgan fingerprint density at radius 3 is 2.76 bits per heavy atom. The van der Waals surface area contributed by atoms with Crippen LogP contribution < -0.4 is 5.32 Å². The summed E-state index contributed by atoms with van der Waals surface area (Å²) in [6.07, 6.45) is 10.5. The SMILES string of the molecule is CCNC(=NCC1(N(C)C)CCCC1)N1CCC(c2cnn(C)c2)C1. The first-order chi connectivity index (χ1) is 12.0. The van der Waals surface area contributed by atoms with Gasteiger partial charge in [-0.2, -0.15) is 5.10 Å². The monoisotopic (exact) mass is 346 g/mol. The molecule has 1 aromatic rings. The summed E-state index contributed by atoms with van der Waals surface area (Å²) in [5.74, 6) is 1.65. The quantitative estimate of drug-likeness (QED) is 0.655. The Hall–Kier alpha value is -1.56. The van der Waals surface area contributed by atoms with Gasteiger partial charge >= 0.3 is 0 Å². The van der Waals surface area contributed by atoms with Crippen LogP contribution in [0, 0.1) is 0 Å². The molecule has 1 unspecified atom stereocenters. The number of nitrogens with zero attached hydrogens (tertiary/aromatic N) is 5. The van der Waals surface area contributed by atoms with E-state index in [9.17, 15) is 0 Å². The van der Waals surface area contributed by atoms with Gasteiger partial charge in [0.2, 0.25) is 0 Å². The molecule has 0 radical (unpaired) electrons. The lowest BCUT2D eigenvalue weighted by atomic mass is 9.96. The first kappa shape index (κ1) is 18.2. The zero-order chi connectivity index (χ0) is 17.9. The molecule has 1 N–H and O–H groups in total. The van der Waals surface area contributed by atoms with Crippen LogP contribution in [-0.2, 0) is 7.05 Å². The van der Waals surface area contributed by atoms with Crippen molar-refractivity contribution in [2.45, 2.75) is 50.5 Å². The highest BCUT2D eigenvalue weighted by molar-refractivity contribution is 5.80. The molecule has 1 aromatic heterocycles. The minimum atomic E-state index is 0.253. The fraction of sp³-hybridized carbons (Fsp3) is 0.789. The summed E-state index contributed by atoms with van der Waals surface area (Å²) in [6.45, 7) is 6.08. The van der Waals surface area contributed by atoms with E-state index in [0.29, 0.717) is 5.92 Å². The van der Waals surface area contributed by atoms with Gasteiger partial charge in [0.05, 0.1) is 12.7 Å². The molecule has 2 aliphatic rings. The van der Waals surface area contributed by atoms with Gasteiger partial charge in [-0.25, -0.2) is 0 Å². The first-order valence-corrected chi connectivity index (χ1v) is 9.73. The van der Waals surface area contributed by atoms with Crippen molar-refractivity contribution in [3.63, 3.8) is 0 Å². The zero-order valence-corrected chi connectivity index (χ0v) is 16.3. The van der Waals surface area contributed by atoms with E-state index in [4.69, 9.17) is 4.99 Å². The average molecular weight is 347 g/mol. The predicted molar refractivity (Wildman–Crippen MR) is 103 cm³/mol. The molecule has 6 nitrogen and oxygen atoms in total. The molecule has 1 atom stereocenters. The molecule has 3 rings (SSSR count). The van der Waals surface area contributed by atoms with Crippen molar-refractivity contribution in [2.75, 3.05) is 40.3 Å². The molecule has 2 fully saturated rings. The Morgan fingerprint density at radius 2 is 2.16 bits per heavy atom. The maximum absolute atomic E-state index is 5.07. The third kappa shape index (κ3) is 4.00. The summed E-state index contributed by atoms with van der Waals surface area (Å²) < 4.78 is 1.90. The summed E-state index contributed by atoms with van der Waals surface area (Å²) in [5.41, 5.74) is 1.60. The van der Waals surface area contributed by atoms with E-state index in [1.807, 2.05) is 17.9 Å². The first-order valence-electron chi connectivity index (χ1n) is 9.73. The number of hydrogen-bond acceptors (Lipinski definition) is 3. The highest BCUT2D eigenvalue weighted by Gasteiger charge is 2.36. The normalized spacial score (nSPS) is 23.6. The number of likely N-dealkylation sites (tertiary alicyclic amines) is 1. The van der Waals surface area contributed by atoms with Crippen molar-refractivity contribution in [1.82, 2.24) is 24.9 Å². The van der Waals surface area contributed by atoms with Crippen molar-refractivity contribution >= 4 is 5.96 Å². The van der Waals surface area contributed by atoms with Gasteiger partial charge < -0.3 is 15.1 Å². The molecule has 25 heavy (non-hydrogen) atoms. The second-order valence-corrected chi connectivity index (χ2v) is 7.87. The number of rotatable bonds is 5. The lowest BCUT2D eigenvalue weighted by Gasteiger charge is -2.35. The molecule has 2 heterocycles. The fourth-order valence-corrected chi connectivity index (χ4v) is 4.30. The minimum absolute atomic E-state index is 0.253. The van der Waals surface area contributed by atoms with Gasteiger partial charge in [-0.05, 0) is 45.8 Å². The van der Waals surface area contributed by atoms with Gasteiger partial charge in [0.15, 0.2) is 5.96 Å². The molecule has 140 valence electrons. The lowest BCUT2D eigenvalue weighted by molar-refractivity contribution is 0.167. The third-order valence-corrected chi connectivity index (χ3v) is 6.03. The van der Waals surface area contributed by atoms with E-state index in [1.165, 1.54) is 37.7 Å². The molecule has 0 amide bonds. The van der Waals surface area contributed by atoms with Gasteiger partial charge in [0, 0.05) is 44.3 Å². The molecule has 1 saturated carbocycles. The number of aryl methyl sites for hydroxylation is 1. The Labute approximate surface area is 152 Å². The van der Waals surface area contributed by atoms with Crippen molar-refractivity contribution < 1.29 is 0 Å². The number of aliphatic imine (C=N–C) groups is 1. The standard InChI is InChI=1S/C19H34N6/c1-5-20-18(21-15-19(23(2)3)9-6-7-10-19)25-11-8-16(14-25)17-12-22-24(4)13-17/h12-13,16H,5-11,14-15H2,1-4H3,(H,20,21). The zero-order valence-electron chi connectivity index (χ0n) is 16.3. The third-order valence-electron chi connectivity index (χ3n) is 6.03. The van der Waals surface area contributed by atoms with Crippen LogP contribution in [0.5, 0.6) is 0 Å². The van der Waals surface area contributed by atoms with Gasteiger partial charge in [-0.3, -0.25) is 9.67 Å². The summed E-state index contributed by atoms with van der Waals surface area (Å²) in [7, 11) is 6.41. The van der Waals surface area contributed by atoms with Crippen LogP contribution >= 0.6 is 0 Å². The average Bonchev–Trinajstić information content (AvgIpc) is 3.31. The van der Waals surface area contributed by atoms with Gasteiger partial charge in [-0.1, -0.05) is 12.8 Å². The summed E-state index contributed by atoms with van der Waals surface area (Å²) in [4.78, 5) is 9.90. The maximum Gasteiger partial charge on any atom is 0.194 e. The molecule has 6 heteroatoms. The highest BCUT2D eigenvalue weighted by atomic mass is 15.3. The van der Waals surface area contributed by atoms with Crippen LogP contribution in [0.1, 0.15) is 50.5 Å². The second-order valence-electron chi connectivity index (χ2n) is 7.87. The number of aromatic nitrogens is 2. The molecular weight excluding hydrogens is 312 g/mol. The molecule has 1 aliphatic carbocycles. The van der Waals surface area contributed by atoms with Crippen molar-refractivity contribution in [3.05, 3.63) is 18.0 Å². The number of guanidine groups is 1. The summed E-state index contributed by atoms with van der Waals surface area (Å²) in [6, 6.07) is 0. The summed E-state index contributed by atoms with van der Waals surface area (Å²) in [5, 5.41) is 7.85. The van der Waals surface area contributed by atoms with Crippen LogP contribution in [-0.4, -0.2) is 71.4 Å². The van der Waals surface area contributed by atoms with Crippen molar-refractivity contribution in [2.24, 2.45) is 12.0 Å². The Kier molecular flexibility index (Phi) is 5.67. The van der Waals surface area contributed by atoms with Crippen LogP contribution in [0.2, 0.25) is 0 Å². The highest BCUT2D eigenvalue weighted by Crippen LogP contribution is 2.34. The largest absolute Gasteiger partial charge is 0.357 e. The van der Waals surface area contributed by atoms with E-state index in [1.54, 1.807) is 0 Å². The Balaban J connectivity index is 1.68. The van der Waals surface area contributed by atoms with Crippen LogP contribution in [0.3, 0.4) is 0 Å². The van der Waals surface area contributed by atoms with E-state index in [-0.39, 0.29) is 5.54 Å². The second kappa shape index (κ2) is 7.77. The number of likely N-dealkylation sites (N-methyl/N-ethyl adjacent to an activating group) is 1. The molecule has 0 bridgehead atoms. The molecule has 0 spiro atoms. The topological polar surface area (TPSA) is 48.7 Å². The molecule has 0 aromatic carbocycles. The molecule has 1 saturated heterocycles. The van der Waals surface area contributed by atoms with Crippen LogP contribution in [0.15, 0.2) is 17.4 Å². The van der Waals surface area contributed by atoms with Crippen LogP contribution in [0.25, 0.3) is 0 Å². The Morgan fingerprint density at radius 1 is 1.40 bits per heavy atom. The minimum Gasteiger partial charge on any atom is -0.357 e. The summed E-state index contributed by atoms with van der Waals surface area (Å²) >= 11 is 0. The Bertz CT molecular complexity index is 584. The van der Waals surface area contributed by atoms with Crippen molar-refractivity contribution in [3.8, 4) is 0 Å². The molecule has 1 aliphatic heterocycles. The van der Waals surface area contributed by atoms with E-state index < -0.39 is 0 Å². The number of hydrogen-bond donors (Lipinski definition) is 1. The lowest BCUT2D eigenvalue weighted by Crippen LogP contribution is -2.46. The van der Waals surface area contributed by atoms with Gasteiger partial charge in [-0.15, -0.1) is 0 Å². The maximum atomic E-state index is 5.07. The van der Waals surface area contributed by atoms with E-state index in [0.717, 1.165) is 32.1 Å². The smallest absolute Gasteiger partial charge is 0.194 e.